The van der Waals surface area contributed by atoms with Gasteiger partial charge < -0.3 is 5.32 Å². The van der Waals surface area contributed by atoms with Crippen molar-refractivity contribution < 1.29 is 0 Å². The van der Waals surface area contributed by atoms with Gasteiger partial charge in [0, 0.05) is 23.7 Å². The number of anilines is 1. The number of rotatable bonds is 6. The highest BCUT2D eigenvalue weighted by Crippen LogP contribution is 2.14. The molecule has 2 aromatic heterocycles. The zero-order chi connectivity index (χ0) is 13.7. The lowest BCUT2D eigenvalue weighted by atomic mass is 10.2. The molecule has 0 bridgehead atoms. The van der Waals surface area contributed by atoms with Crippen LogP contribution >= 0.6 is 11.3 Å². The van der Waals surface area contributed by atoms with E-state index in [1.165, 1.54) is 0 Å². The summed E-state index contributed by atoms with van der Waals surface area (Å²) in [5.74, 6) is 1.78. The van der Waals surface area contributed by atoms with Gasteiger partial charge in [0.25, 0.3) is 0 Å². The molecule has 0 radical (unpaired) electrons. The van der Waals surface area contributed by atoms with Gasteiger partial charge in [-0.05, 0) is 19.8 Å². The minimum absolute atomic E-state index is 0.707. The number of aryl methyl sites for hydroxylation is 2. The summed E-state index contributed by atoms with van der Waals surface area (Å²) in [7, 11) is 0. The van der Waals surface area contributed by atoms with Gasteiger partial charge in [0.1, 0.15) is 11.6 Å². The molecule has 0 saturated heterocycles. The van der Waals surface area contributed by atoms with Crippen LogP contribution in [0.4, 0.5) is 5.82 Å². The van der Waals surface area contributed by atoms with Gasteiger partial charge in [0.15, 0.2) is 0 Å². The molecule has 0 aromatic carbocycles. The van der Waals surface area contributed by atoms with Gasteiger partial charge in [0.2, 0.25) is 0 Å². The van der Waals surface area contributed by atoms with E-state index in [-0.39, 0.29) is 0 Å². The second kappa shape index (κ2) is 6.61. The van der Waals surface area contributed by atoms with Crippen molar-refractivity contribution >= 4 is 17.2 Å². The summed E-state index contributed by atoms with van der Waals surface area (Å²) in [5.41, 5.74) is 2.13. The number of nitrogens with one attached hydrogen (secondary N) is 1. The quantitative estimate of drug-likeness (QED) is 0.880. The van der Waals surface area contributed by atoms with E-state index in [1.807, 2.05) is 13.0 Å². The summed E-state index contributed by atoms with van der Waals surface area (Å²) >= 11 is 1.67. The van der Waals surface area contributed by atoms with Crippen LogP contribution in [0.1, 0.15) is 42.5 Å². The molecule has 0 spiro atoms. The van der Waals surface area contributed by atoms with Crippen LogP contribution in [0.2, 0.25) is 0 Å². The Morgan fingerprint density at radius 1 is 1.16 bits per heavy atom. The highest BCUT2D eigenvalue weighted by molar-refractivity contribution is 7.09. The van der Waals surface area contributed by atoms with Crippen LogP contribution in [-0.4, -0.2) is 21.5 Å². The third-order valence-electron chi connectivity index (χ3n) is 2.75. The van der Waals surface area contributed by atoms with Gasteiger partial charge in [-0.2, -0.15) is 0 Å². The van der Waals surface area contributed by atoms with Crippen LogP contribution in [0.3, 0.4) is 0 Å². The van der Waals surface area contributed by atoms with Gasteiger partial charge >= 0.3 is 0 Å². The SMILES string of the molecule is CCCNc1cc(CC)nc(Cc2csc(C)n2)n1. The minimum Gasteiger partial charge on any atom is -0.370 e. The van der Waals surface area contributed by atoms with Crippen LogP contribution in [0.5, 0.6) is 0 Å². The Morgan fingerprint density at radius 3 is 2.63 bits per heavy atom. The van der Waals surface area contributed by atoms with Crippen molar-refractivity contribution in [1.82, 2.24) is 15.0 Å². The van der Waals surface area contributed by atoms with Crippen molar-refractivity contribution in [3.05, 3.63) is 33.7 Å². The third-order valence-corrected chi connectivity index (χ3v) is 3.57. The average Bonchev–Trinajstić information content (AvgIpc) is 2.81. The molecule has 4 nitrogen and oxygen atoms in total. The second-order valence-corrected chi connectivity index (χ2v) is 5.54. The van der Waals surface area contributed by atoms with Crippen molar-refractivity contribution in [3.63, 3.8) is 0 Å². The van der Waals surface area contributed by atoms with Gasteiger partial charge in [-0.3, -0.25) is 0 Å². The fraction of sp³-hybridized carbons (Fsp3) is 0.500. The van der Waals surface area contributed by atoms with Gasteiger partial charge in [-0.15, -0.1) is 11.3 Å². The summed E-state index contributed by atoms with van der Waals surface area (Å²) < 4.78 is 0. The molecule has 2 aromatic rings. The number of hydrogen-bond donors (Lipinski definition) is 1. The van der Waals surface area contributed by atoms with Crippen LogP contribution in [0.15, 0.2) is 11.4 Å². The fourth-order valence-electron chi connectivity index (χ4n) is 1.81. The highest BCUT2D eigenvalue weighted by atomic mass is 32.1. The van der Waals surface area contributed by atoms with E-state index in [1.54, 1.807) is 11.3 Å². The maximum Gasteiger partial charge on any atom is 0.136 e. The standard InChI is InChI=1S/C14H20N4S/c1-4-6-15-13-7-11(5-2)17-14(18-13)8-12-9-19-10(3)16-12/h7,9H,4-6,8H2,1-3H3,(H,15,17,18). The molecule has 0 aliphatic rings. The maximum atomic E-state index is 4.58. The Morgan fingerprint density at radius 2 is 2.00 bits per heavy atom. The minimum atomic E-state index is 0.707. The van der Waals surface area contributed by atoms with Crippen molar-refractivity contribution in [2.75, 3.05) is 11.9 Å². The number of hydrogen-bond acceptors (Lipinski definition) is 5. The van der Waals surface area contributed by atoms with Crippen LogP contribution in [-0.2, 0) is 12.8 Å². The predicted octanol–water partition coefficient (Wildman–Crippen LogP) is 3.22. The lowest BCUT2D eigenvalue weighted by molar-refractivity contribution is 0.881. The Kier molecular flexibility index (Phi) is 4.85. The average molecular weight is 276 g/mol. The van der Waals surface area contributed by atoms with Gasteiger partial charge in [-0.1, -0.05) is 13.8 Å². The Balaban J connectivity index is 2.18. The summed E-state index contributed by atoms with van der Waals surface area (Å²) in [6.45, 7) is 7.22. The summed E-state index contributed by atoms with van der Waals surface area (Å²) in [4.78, 5) is 13.6. The molecule has 102 valence electrons. The number of aromatic nitrogens is 3. The first kappa shape index (κ1) is 13.9. The Bertz CT molecular complexity index is 536. The monoisotopic (exact) mass is 276 g/mol. The third kappa shape index (κ3) is 3.99. The van der Waals surface area contributed by atoms with E-state index in [4.69, 9.17) is 0 Å². The number of thiazole rings is 1. The molecule has 0 amide bonds. The lowest BCUT2D eigenvalue weighted by Gasteiger charge is -2.08. The molecule has 0 atom stereocenters. The fourth-order valence-corrected chi connectivity index (χ4v) is 2.42. The smallest absolute Gasteiger partial charge is 0.136 e. The molecule has 0 saturated carbocycles. The van der Waals surface area contributed by atoms with E-state index >= 15 is 0 Å². The molecule has 0 aliphatic carbocycles. The summed E-state index contributed by atoms with van der Waals surface area (Å²) in [6, 6.07) is 2.03. The molecule has 0 aliphatic heterocycles. The van der Waals surface area contributed by atoms with Crippen LogP contribution < -0.4 is 5.32 Å². The molecular formula is C14H20N4S. The molecule has 19 heavy (non-hydrogen) atoms. The van der Waals surface area contributed by atoms with Crippen LogP contribution in [0, 0.1) is 6.92 Å². The zero-order valence-corrected chi connectivity index (χ0v) is 12.5. The van der Waals surface area contributed by atoms with E-state index in [0.717, 1.165) is 47.4 Å². The molecule has 1 N–H and O–H groups in total. The molecular weight excluding hydrogens is 256 g/mol. The highest BCUT2D eigenvalue weighted by Gasteiger charge is 2.06. The largest absolute Gasteiger partial charge is 0.370 e. The maximum absolute atomic E-state index is 4.58. The molecule has 2 heterocycles. The zero-order valence-electron chi connectivity index (χ0n) is 11.7. The van der Waals surface area contributed by atoms with Crippen molar-refractivity contribution in [2.45, 2.75) is 40.0 Å². The number of nitrogens with zero attached hydrogens (tertiary/aromatic N) is 3. The van der Waals surface area contributed by atoms with E-state index in [2.05, 4.69) is 39.5 Å². The van der Waals surface area contributed by atoms with E-state index in [9.17, 15) is 0 Å². The van der Waals surface area contributed by atoms with E-state index < -0.39 is 0 Å². The molecule has 2 rings (SSSR count). The first-order valence-corrected chi connectivity index (χ1v) is 7.61. The van der Waals surface area contributed by atoms with Crippen LogP contribution in [0.25, 0.3) is 0 Å². The summed E-state index contributed by atoms with van der Waals surface area (Å²) in [5, 5.41) is 6.50. The van der Waals surface area contributed by atoms with Gasteiger partial charge in [0.05, 0.1) is 17.1 Å². The second-order valence-electron chi connectivity index (χ2n) is 4.48. The Labute approximate surface area is 118 Å². The van der Waals surface area contributed by atoms with E-state index in [0.29, 0.717) is 6.42 Å². The van der Waals surface area contributed by atoms with Crippen molar-refractivity contribution in [1.29, 1.82) is 0 Å². The normalized spacial score (nSPS) is 10.7. The topological polar surface area (TPSA) is 50.7 Å². The van der Waals surface area contributed by atoms with Crippen molar-refractivity contribution in [2.24, 2.45) is 0 Å². The first-order valence-electron chi connectivity index (χ1n) is 6.73. The molecule has 5 heteroatoms. The molecule has 0 fully saturated rings. The molecule has 0 unspecified atom stereocenters. The van der Waals surface area contributed by atoms with Gasteiger partial charge in [-0.25, -0.2) is 15.0 Å². The lowest BCUT2D eigenvalue weighted by Crippen LogP contribution is -2.07. The predicted molar refractivity (Wildman–Crippen MR) is 79.8 cm³/mol. The Hall–Kier alpha value is -1.49. The summed E-state index contributed by atoms with van der Waals surface area (Å²) in [6.07, 6.45) is 2.72. The van der Waals surface area contributed by atoms with Crippen molar-refractivity contribution in [3.8, 4) is 0 Å². The first-order chi connectivity index (χ1) is 9.21.